The zero-order chi connectivity index (χ0) is 18.5. The zero-order valence-corrected chi connectivity index (χ0v) is 15.8. The molecule has 0 aliphatic heterocycles. The van der Waals surface area contributed by atoms with Crippen molar-refractivity contribution in [1.29, 1.82) is 0 Å². The fraction of sp³-hybridized carbons (Fsp3) is 0.304. The Morgan fingerprint density at radius 1 is 1.00 bits per heavy atom. The number of benzene rings is 2. The molecular weight excluding hydrogens is 332 g/mol. The molecule has 1 fully saturated rings. The summed E-state index contributed by atoms with van der Waals surface area (Å²) in [4.78, 5) is 8.92. The first-order valence-corrected chi connectivity index (χ1v) is 9.63. The second-order valence-electron chi connectivity index (χ2n) is 7.24. The summed E-state index contributed by atoms with van der Waals surface area (Å²) >= 11 is 0. The van der Waals surface area contributed by atoms with Crippen LogP contribution in [0.5, 0.6) is 0 Å². The van der Waals surface area contributed by atoms with Crippen LogP contribution in [-0.4, -0.2) is 31.1 Å². The molecule has 0 bridgehead atoms. The van der Waals surface area contributed by atoms with E-state index in [1.165, 1.54) is 29.4 Å². The molecule has 4 nitrogen and oxygen atoms in total. The molecule has 1 aromatic heterocycles. The van der Waals surface area contributed by atoms with Crippen LogP contribution in [0.3, 0.4) is 0 Å². The number of pyridine rings is 1. The predicted molar refractivity (Wildman–Crippen MR) is 112 cm³/mol. The van der Waals surface area contributed by atoms with Crippen LogP contribution in [0.4, 0.5) is 0 Å². The fourth-order valence-corrected chi connectivity index (χ4v) is 3.67. The number of para-hydroxylation sites is 1. The number of fused-ring (bicyclic) bond motifs is 1. The van der Waals surface area contributed by atoms with Gasteiger partial charge in [0.25, 0.3) is 0 Å². The Kier molecular flexibility index (Phi) is 5.05. The summed E-state index contributed by atoms with van der Waals surface area (Å²) in [6.45, 7) is 1.75. The lowest BCUT2D eigenvalue weighted by Crippen LogP contribution is -2.42. The molecule has 27 heavy (non-hydrogen) atoms. The molecule has 1 saturated carbocycles. The lowest BCUT2D eigenvalue weighted by molar-refractivity contribution is 0.645. The predicted octanol–water partition coefficient (Wildman–Crippen LogP) is 3.67. The Balaban J connectivity index is 1.32. The van der Waals surface area contributed by atoms with Gasteiger partial charge in [0.15, 0.2) is 5.96 Å². The van der Waals surface area contributed by atoms with Gasteiger partial charge >= 0.3 is 0 Å². The first kappa shape index (κ1) is 17.5. The maximum Gasteiger partial charge on any atom is 0.191 e. The highest BCUT2D eigenvalue weighted by molar-refractivity contribution is 5.82. The summed E-state index contributed by atoms with van der Waals surface area (Å²) in [5.74, 6) is 0.866. The minimum atomic E-state index is 0.276. The Labute approximate surface area is 160 Å². The van der Waals surface area contributed by atoms with E-state index in [2.05, 4.69) is 75.2 Å². The third kappa shape index (κ3) is 3.95. The molecule has 2 aromatic carbocycles. The molecular formula is C23H26N4. The number of aliphatic imine (C=N–C) groups is 1. The zero-order valence-electron chi connectivity index (χ0n) is 15.8. The molecule has 0 atom stereocenters. The molecule has 1 heterocycles. The van der Waals surface area contributed by atoms with Gasteiger partial charge in [-0.3, -0.25) is 9.98 Å². The van der Waals surface area contributed by atoms with Crippen molar-refractivity contribution in [2.75, 3.05) is 20.1 Å². The molecule has 0 saturated heterocycles. The Hall–Kier alpha value is -2.88. The van der Waals surface area contributed by atoms with Crippen LogP contribution in [0.1, 0.15) is 24.0 Å². The Morgan fingerprint density at radius 3 is 2.59 bits per heavy atom. The smallest absolute Gasteiger partial charge is 0.191 e. The summed E-state index contributed by atoms with van der Waals surface area (Å²) in [5, 5.41) is 8.15. The van der Waals surface area contributed by atoms with E-state index in [9.17, 15) is 0 Å². The van der Waals surface area contributed by atoms with E-state index in [1.807, 2.05) is 19.3 Å². The number of hydrogen-bond acceptors (Lipinski definition) is 2. The number of nitrogens with zero attached hydrogens (tertiary/aromatic N) is 2. The molecule has 1 aliphatic carbocycles. The Morgan fingerprint density at radius 2 is 1.81 bits per heavy atom. The summed E-state index contributed by atoms with van der Waals surface area (Å²) in [6, 6.07) is 21.3. The maximum absolute atomic E-state index is 4.54. The first-order valence-electron chi connectivity index (χ1n) is 9.63. The lowest BCUT2D eigenvalue weighted by Gasteiger charge is -2.19. The van der Waals surface area contributed by atoms with E-state index < -0.39 is 0 Å². The number of aromatic nitrogens is 1. The van der Waals surface area contributed by atoms with Crippen LogP contribution in [-0.2, 0) is 11.8 Å². The largest absolute Gasteiger partial charge is 0.356 e. The Bertz CT molecular complexity index is 924. The van der Waals surface area contributed by atoms with Crippen LogP contribution in [0.2, 0.25) is 0 Å². The molecule has 138 valence electrons. The summed E-state index contributed by atoms with van der Waals surface area (Å²) in [7, 11) is 1.83. The van der Waals surface area contributed by atoms with Crippen LogP contribution < -0.4 is 10.6 Å². The molecule has 3 aromatic rings. The van der Waals surface area contributed by atoms with Crippen molar-refractivity contribution in [3.8, 4) is 0 Å². The van der Waals surface area contributed by atoms with Crippen LogP contribution >= 0.6 is 0 Å². The second-order valence-corrected chi connectivity index (χ2v) is 7.24. The van der Waals surface area contributed by atoms with Crippen molar-refractivity contribution in [2.45, 2.75) is 24.7 Å². The molecule has 1 aliphatic rings. The highest BCUT2D eigenvalue weighted by Gasteiger charge is 2.43. The van der Waals surface area contributed by atoms with Gasteiger partial charge in [-0.05, 0) is 36.5 Å². The van der Waals surface area contributed by atoms with Crippen molar-refractivity contribution in [3.05, 3.63) is 78.0 Å². The SMILES string of the molecule is CN=C(NCCc1cccc2cccnc12)NCC1(c2ccccc2)CC1. The van der Waals surface area contributed by atoms with E-state index in [0.717, 1.165) is 31.0 Å². The molecule has 4 heteroatoms. The fourth-order valence-electron chi connectivity index (χ4n) is 3.67. The van der Waals surface area contributed by atoms with E-state index in [4.69, 9.17) is 0 Å². The van der Waals surface area contributed by atoms with E-state index >= 15 is 0 Å². The summed E-state index contributed by atoms with van der Waals surface area (Å²) < 4.78 is 0. The number of hydrogen-bond donors (Lipinski definition) is 2. The maximum atomic E-state index is 4.54. The number of nitrogens with one attached hydrogen (secondary N) is 2. The van der Waals surface area contributed by atoms with E-state index in [1.54, 1.807) is 0 Å². The van der Waals surface area contributed by atoms with Gasteiger partial charge in [0.2, 0.25) is 0 Å². The van der Waals surface area contributed by atoms with Crippen LogP contribution in [0, 0.1) is 0 Å². The van der Waals surface area contributed by atoms with E-state index in [-0.39, 0.29) is 5.41 Å². The van der Waals surface area contributed by atoms with Crippen molar-refractivity contribution in [2.24, 2.45) is 4.99 Å². The summed E-state index contributed by atoms with van der Waals surface area (Å²) in [5.41, 5.74) is 4.05. The van der Waals surface area contributed by atoms with Gasteiger partial charge in [-0.1, -0.05) is 54.6 Å². The quantitative estimate of drug-likeness (QED) is 0.522. The van der Waals surface area contributed by atoms with Gasteiger partial charge in [0.05, 0.1) is 5.52 Å². The highest BCUT2D eigenvalue weighted by Crippen LogP contribution is 2.47. The molecule has 0 spiro atoms. The average molecular weight is 358 g/mol. The third-order valence-corrected chi connectivity index (χ3v) is 5.46. The van der Waals surface area contributed by atoms with Gasteiger partial charge in [-0.2, -0.15) is 0 Å². The average Bonchev–Trinajstić information content (AvgIpc) is 3.52. The van der Waals surface area contributed by atoms with Gasteiger partial charge < -0.3 is 10.6 Å². The van der Waals surface area contributed by atoms with Crippen molar-refractivity contribution < 1.29 is 0 Å². The lowest BCUT2D eigenvalue weighted by atomic mass is 9.96. The van der Waals surface area contributed by atoms with Crippen molar-refractivity contribution in [3.63, 3.8) is 0 Å². The van der Waals surface area contributed by atoms with E-state index in [0.29, 0.717) is 0 Å². The second kappa shape index (κ2) is 7.78. The van der Waals surface area contributed by atoms with Gasteiger partial charge in [0, 0.05) is 37.1 Å². The molecule has 0 unspecified atom stereocenters. The van der Waals surface area contributed by atoms with Crippen LogP contribution in [0.15, 0.2) is 71.9 Å². The van der Waals surface area contributed by atoms with Crippen molar-refractivity contribution >= 4 is 16.9 Å². The summed E-state index contributed by atoms with van der Waals surface area (Å²) in [6.07, 6.45) is 5.25. The standard InChI is InChI=1S/C23H26N4/c1-24-22(27-17-23(13-14-23)20-10-3-2-4-11-20)26-16-12-19-8-5-7-18-9-6-15-25-21(18)19/h2-11,15H,12-14,16-17H2,1H3,(H2,24,26,27). The number of rotatable bonds is 6. The minimum absolute atomic E-state index is 0.276. The van der Waals surface area contributed by atoms with Crippen LogP contribution in [0.25, 0.3) is 10.9 Å². The normalized spacial score (nSPS) is 15.5. The van der Waals surface area contributed by atoms with Crippen molar-refractivity contribution in [1.82, 2.24) is 15.6 Å². The number of guanidine groups is 1. The monoisotopic (exact) mass is 358 g/mol. The van der Waals surface area contributed by atoms with Gasteiger partial charge in [-0.25, -0.2) is 0 Å². The first-order chi connectivity index (χ1) is 13.3. The topological polar surface area (TPSA) is 49.3 Å². The third-order valence-electron chi connectivity index (χ3n) is 5.46. The molecule has 4 rings (SSSR count). The van der Waals surface area contributed by atoms with Gasteiger partial charge in [-0.15, -0.1) is 0 Å². The van der Waals surface area contributed by atoms with Gasteiger partial charge in [0.1, 0.15) is 0 Å². The molecule has 0 amide bonds. The minimum Gasteiger partial charge on any atom is -0.356 e. The highest BCUT2D eigenvalue weighted by atomic mass is 15.2. The molecule has 2 N–H and O–H groups in total. The molecule has 0 radical (unpaired) electrons.